The van der Waals surface area contributed by atoms with Crippen LogP contribution in [-0.4, -0.2) is 23.1 Å². The van der Waals surface area contributed by atoms with Gasteiger partial charge in [-0.25, -0.2) is 4.98 Å². The Morgan fingerprint density at radius 1 is 1.08 bits per heavy atom. The first-order chi connectivity index (χ1) is 12.3. The molecule has 142 valence electrons. The molecule has 0 aliphatic carbocycles. The van der Waals surface area contributed by atoms with Crippen LogP contribution in [0.5, 0.6) is 0 Å². The van der Waals surface area contributed by atoms with Gasteiger partial charge in [0.2, 0.25) is 5.95 Å². The number of nitrogens with one attached hydrogen (secondary N) is 1. The Morgan fingerprint density at radius 3 is 2.35 bits per heavy atom. The summed E-state index contributed by atoms with van der Waals surface area (Å²) in [6, 6.07) is 5.61. The Bertz CT molecular complexity index is 742. The second-order valence-corrected chi connectivity index (χ2v) is 5.89. The van der Waals surface area contributed by atoms with Gasteiger partial charge >= 0.3 is 6.18 Å². The second-order valence-electron chi connectivity index (χ2n) is 5.89. The number of nitrogens with zero attached hydrogens (tertiary/aromatic N) is 3. The molecule has 0 aliphatic rings. The lowest BCUT2D eigenvalue weighted by atomic mass is 10.1. The van der Waals surface area contributed by atoms with Crippen molar-refractivity contribution in [3.63, 3.8) is 0 Å². The van der Waals surface area contributed by atoms with Crippen LogP contribution < -0.4 is 16.0 Å². The summed E-state index contributed by atoms with van der Waals surface area (Å²) in [5.74, 6) is 1.03. The molecule has 2 aromatic rings. The van der Waals surface area contributed by atoms with Crippen LogP contribution in [0.1, 0.15) is 38.4 Å². The van der Waals surface area contributed by atoms with Crippen molar-refractivity contribution in [2.45, 2.75) is 39.8 Å². The first-order valence-electron chi connectivity index (χ1n) is 8.65. The van der Waals surface area contributed by atoms with Crippen LogP contribution in [-0.2, 0) is 12.6 Å². The number of hydrogen-bond acceptors (Lipinski definition) is 5. The molecule has 1 aromatic heterocycles. The van der Waals surface area contributed by atoms with Gasteiger partial charge in [-0.05, 0) is 38.5 Å². The molecule has 0 amide bonds. The van der Waals surface area contributed by atoms with Crippen LogP contribution in [0.3, 0.4) is 0 Å². The van der Waals surface area contributed by atoms with Crippen LogP contribution in [0.15, 0.2) is 24.3 Å². The number of anilines is 4. The zero-order chi connectivity index (χ0) is 19.3. The highest BCUT2D eigenvalue weighted by Gasteiger charge is 2.33. The van der Waals surface area contributed by atoms with E-state index in [0.717, 1.165) is 43.5 Å². The third-order valence-electron chi connectivity index (χ3n) is 3.97. The topological polar surface area (TPSA) is 67.1 Å². The molecular formula is C18H24F3N5. The minimum atomic E-state index is -4.51. The summed E-state index contributed by atoms with van der Waals surface area (Å²) in [5, 5.41) is 2.88. The molecule has 26 heavy (non-hydrogen) atoms. The quantitative estimate of drug-likeness (QED) is 0.699. The van der Waals surface area contributed by atoms with Crippen molar-refractivity contribution in [2.24, 2.45) is 0 Å². The average molecular weight is 367 g/mol. The molecule has 1 heterocycles. The molecule has 0 atom stereocenters. The third-order valence-corrected chi connectivity index (χ3v) is 3.97. The Balaban J connectivity index is 2.39. The second kappa shape index (κ2) is 8.25. The number of nitrogens with two attached hydrogens (primary N) is 1. The van der Waals surface area contributed by atoms with Crippen molar-refractivity contribution in [3.8, 4) is 0 Å². The Hall–Kier alpha value is -2.51. The van der Waals surface area contributed by atoms with Gasteiger partial charge in [0.05, 0.1) is 5.56 Å². The first-order valence-corrected chi connectivity index (χ1v) is 8.65. The van der Waals surface area contributed by atoms with E-state index < -0.39 is 11.7 Å². The lowest BCUT2D eigenvalue weighted by molar-refractivity contribution is -0.136. The molecule has 0 saturated carbocycles. The summed E-state index contributed by atoms with van der Waals surface area (Å²) in [7, 11) is 0. The summed E-state index contributed by atoms with van der Waals surface area (Å²) in [5.41, 5.74) is 5.34. The summed E-state index contributed by atoms with van der Waals surface area (Å²) in [6.45, 7) is 7.64. The van der Waals surface area contributed by atoms with Crippen molar-refractivity contribution in [1.82, 2.24) is 9.97 Å². The smallest absolute Gasteiger partial charge is 0.398 e. The van der Waals surface area contributed by atoms with E-state index in [1.165, 1.54) is 12.1 Å². The number of aryl methyl sites for hydroxylation is 1. The fraction of sp³-hybridized carbons (Fsp3) is 0.444. The largest absolute Gasteiger partial charge is 0.418 e. The zero-order valence-electron chi connectivity index (χ0n) is 15.2. The molecular weight excluding hydrogens is 343 g/mol. The highest BCUT2D eigenvalue weighted by atomic mass is 19.4. The van der Waals surface area contributed by atoms with Gasteiger partial charge in [-0.3, -0.25) is 0 Å². The molecule has 5 nitrogen and oxygen atoms in total. The number of aromatic nitrogens is 2. The minimum Gasteiger partial charge on any atom is -0.398 e. The lowest BCUT2D eigenvalue weighted by Crippen LogP contribution is -2.23. The van der Waals surface area contributed by atoms with E-state index in [4.69, 9.17) is 5.73 Å². The number of hydrogen-bond donors (Lipinski definition) is 2. The molecule has 0 spiro atoms. The van der Waals surface area contributed by atoms with E-state index in [0.29, 0.717) is 0 Å². The first kappa shape index (κ1) is 19.8. The van der Waals surface area contributed by atoms with Crippen molar-refractivity contribution in [3.05, 3.63) is 35.5 Å². The summed E-state index contributed by atoms with van der Waals surface area (Å²) in [4.78, 5) is 10.9. The monoisotopic (exact) mass is 367 g/mol. The predicted octanol–water partition coefficient (Wildman–Crippen LogP) is 4.62. The molecule has 0 bridgehead atoms. The van der Waals surface area contributed by atoms with Crippen molar-refractivity contribution < 1.29 is 13.2 Å². The van der Waals surface area contributed by atoms with E-state index in [1.54, 1.807) is 0 Å². The lowest BCUT2D eigenvalue weighted by Gasteiger charge is -2.21. The van der Waals surface area contributed by atoms with E-state index >= 15 is 0 Å². The maximum absolute atomic E-state index is 13.0. The van der Waals surface area contributed by atoms with Crippen LogP contribution >= 0.6 is 0 Å². The Morgan fingerprint density at radius 2 is 1.77 bits per heavy atom. The van der Waals surface area contributed by atoms with Gasteiger partial charge in [-0.15, -0.1) is 0 Å². The maximum atomic E-state index is 13.0. The van der Waals surface area contributed by atoms with E-state index in [1.807, 2.05) is 26.8 Å². The highest BCUT2D eigenvalue weighted by Crippen LogP contribution is 2.35. The average Bonchev–Trinajstić information content (AvgIpc) is 2.57. The predicted molar refractivity (Wildman–Crippen MR) is 98.7 cm³/mol. The minimum absolute atomic E-state index is 0.241. The van der Waals surface area contributed by atoms with Gasteiger partial charge in [-0.1, -0.05) is 13.3 Å². The van der Waals surface area contributed by atoms with Crippen molar-refractivity contribution in [1.29, 1.82) is 0 Å². The van der Waals surface area contributed by atoms with Crippen LogP contribution in [0, 0.1) is 0 Å². The number of rotatable bonds is 7. The molecule has 2 rings (SSSR count). The van der Waals surface area contributed by atoms with Gasteiger partial charge < -0.3 is 16.0 Å². The Kier molecular flexibility index (Phi) is 6.28. The molecule has 0 radical (unpaired) electrons. The number of alkyl halides is 3. The maximum Gasteiger partial charge on any atom is 0.418 e. The number of halogens is 3. The number of nitrogen functional groups attached to an aromatic ring is 1. The molecule has 8 heteroatoms. The fourth-order valence-corrected chi connectivity index (χ4v) is 2.64. The van der Waals surface area contributed by atoms with Gasteiger partial charge in [0.25, 0.3) is 0 Å². The molecule has 0 unspecified atom stereocenters. The van der Waals surface area contributed by atoms with Gasteiger partial charge in [0.1, 0.15) is 5.82 Å². The van der Waals surface area contributed by atoms with E-state index in [9.17, 15) is 13.2 Å². The molecule has 0 saturated heterocycles. The van der Waals surface area contributed by atoms with Crippen LogP contribution in [0.2, 0.25) is 0 Å². The molecule has 1 aromatic carbocycles. The van der Waals surface area contributed by atoms with Crippen molar-refractivity contribution >= 4 is 23.1 Å². The van der Waals surface area contributed by atoms with E-state index in [2.05, 4.69) is 20.2 Å². The summed E-state index contributed by atoms with van der Waals surface area (Å²) >= 11 is 0. The fourth-order valence-electron chi connectivity index (χ4n) is 2.64. The highest BCUT2D eigenvalue weighted by molar-refractivity contribution is 5.62. The standard InChI is InChI=1S/C18H24F3N5/c1-4-7-12-11-16(26(5-2)6-3)25-17(23-12)24-13-8-9-15(22)14(10-13)18(19,20)21/h8-11H,4-7,22H2,1-3H3,(H,23,24,25). The van der Waals surface area contributed by atoms with Gasteiger partial charge in [-0.2, -0.15) is 18.2 Å². The normalized spacial score (nSPS) is 11.5. The number of benzene rings is 1. The van der Waals surface area contributed by atoms with Gasteiger partial charge in [0, 0.05) is 36.2 Å². The zero-order valence-corrected chi connectivity index (χ0v) is 15.2. The summed E-state index contributed by atoms with van der Waals surface area (Å²) in [6.07, 6.45) is -2.84. The van der Waals surface area contributed by atoms with E-state index in [-0.39, 0.29) is 17.3 Å². The van der Waals surface area contributed by atoms with Gasteiger partial charge in [0.15, 0.2) is 0 Å². The van der Waals surface area contributed by atoms with Crippen molar-refractivity contribution in [2.75, 3.05) is 29.0 Å². The SMILES string of the molecule is CCCc1cc(N(CC)CC)nc(Nc2ccc(N)c(C(F)(F)F)c2)n1. The third kappa shape index (κ3) is 4.77. The summed E-state index contributed by atoms with van der Waals surface area (Å²) < 4.78 is 39.1. The molecule has 0 fully saturated rings. The van der Waals surface area contributed by atoms with Crippen LogP contribution in [0.4, 0.5) is 36.3 Å². The van der Waals surface area contributed by atoms with Crippen LogP contribution in [0.25, 0.3) is 0 Å². The molecule has 3 N–H and O–H groups in total. The molecule has 0 aliphatic heterocycles. The Labute approximate surface area is 151 Å².